The summed E-state index contributed by atoms with van der Waals surface area (Å²) in [6, 6.07) is 14.6. The van der Waals surface area contributed by atoms with Gasteiger partial charge in [0, 0.05) is 18.1 Å². The fourth-order valence-corrected chi connectivity index (χ4v) is 3.53. The van der Waals surface area contributed by atoms with E-state index in [0.29, 0.717) is 29.5 Å². The highest BCUT2D eigenvalue weighted by atomic mass is 79.9. The van der Waals surface area contributed by atoms with Gasteiger partial charge in [0.1, 0.15) is 0 Å². The van der Waals surface area contributed by atoms with Crippen molar-refractivity contribution in [1.29, 1.82) is 0 Å². The lowest BCUT2D eigenvalue weighted by Crippen LogP contribution is -2.14. The fourth-order valence-electron chi connectivity index (χ4n) is 3.20. The van der Waals surface area contributed by atoms with Crippen LogP contribution in [0.15, 0.2) is 71.6 Å². The van der Waals surface area contributed by atoms with Crippen molar-refractivity contribution in [2.45, 2.75) is 13.3 Å². The van der Waals surface area contributed by atoms with Crippen molar-refractivity contribution in [1.82, 2.24) is 19.6 Å². The van der Waals surface area contributed by atoms with E-state index < -0.39 is 0 Å². The number of para-hydroxylation sites is 1. The van der Waals surface area contributed by atoms with E-state index in [1.807, 2.05) is 41.2 Å². The molecule has 0 bridgehead atoms. The second-order valence-corrected chi connectivity index (χ2v) is 7.93. The first-order chi connectivity index (χ1) is 16.1. The number of hydrogen-bond acceptors (Lipinski definition) is 6. The first-order valence-corrected chi connectivity index (χ1v) is 10.8. The monoisotopic (exact) mass is 511 g/mol. The number of carbonyl (C=O) groups is 1. The number of nitrogens with one attached hydrogen (secondary N) is 1. The molecule has 4 aromatic rings. The van der Waals surface area contributed by atoms with E-state index in [0.717, 1.165) is 10.0 Å². The largest absolute Gasteiger partial charge is 0.493 e. The molecule has 2 aromatic heterocycles. The number of ether oxygens (including phenoxy) is 3. The summed E-state index contributed by atoms with van der Waals surface area (Å²) in [7, 11) is 3.11. The summed E-state index contributed by atoms with van der Waals surface area (Å²) >= 11 is 3.39. The van der Waals surface area contributed by atoms with Gasteiger partial charge in [0.2, 0.25) is 5.75 Å². The molecule has 1 amide bonds. The third-order valence-electron chi connectivity index (χ3n) is 4.73. The molecule has 10 heteroatoms. The van der Waals surface area contributed by atoms with Crippen LogP contribution in [0.2, 0.25) is 0 Å². The van der Waals surface area contributed by atoms with Gasteiger partial charge in [-0.1, -0.05) is 18.2 Å². The second kappa shape index (κ2) is 10.2. The zero-order valence-corrected chi connectivity index (χ0v) is 19.7. The second-order valence-electron chi connectivity index (χ2n) is 7.02. The Morgan fingerprint density at radius 3 is 2.52 bits per heavy atom. The molecule has 0 aliphatic heterocycles. The molecule has 0 fully saturated rings. The highest BCUT2D eigenvalue weighted by Crippen LogP contribution is 2.36. The minimum atomic E-state index is -0.317. The molecule has 2 heterocycles. The van der Waals surface area contributed by atoms with Crippen molar-refractivity contribution in [2.24, 2.45) is 0 Å². The lowest BCUT2D eigenvalue weighted by atomic mass is 10.2. The van der Waals surface area contributed by atoms with Crippen molar-refractivity contribution in [3.63, 3.8) is 0 Å². The van der Waals surface area contributed by atoms with Crippen LogP contribution in [0.1, 0.15) is 16.1 Å². The topological polar surface area (TPSA) is 92.4 Å². The molecule has 4 rings (SSSR count). The molecule has 0 atom stereocenters. The molecule has 33 heavy (non-hydrogen) atoms. The SMILES string of the molecule is COc1cccc(OC)c1OCn1ccc(C(=O)Nc2cccc(Cn3cc(Br)cn3)c2)n1. The van der Waals surface area contributed by atoms with Gasteiger partial charge in [-0.15, -0.1) is 0 Å². The molecule has 2 aromatic carbocycles. The number of amides is 1. The summed E-state index contributed by atoms with van der Waals surface area (Å²) in [6.45, 7) is 0.673. The van der Waals surface area contributed by atoms with Gasteiger partial charge < -0.3 is 19.5 Å². The normalized spacial score (nSPS) is 10.6. The first-order valence-electron chi connectivity index (χ1n) is 10.0. The van der Waals surface area contributed by atoms with Crippen LogP contribution >= 0.6 is 15.9 Å². The van der Waals surface area contributed by atoms with Gasteiger partial charge in [0.05, 0.1) is 31.4 Å². The van der Waals surface area contributed by atoms with Crippen LogP contribution in [0, 0.1) is 0 Å². The molecule has 1 N–H and O–H groups in total. The van der Waals surface area contributed by atoms with Crippen LogP contribution in [0.3, 0.4) is 0 Å². The van der Waals surface area contributed by atoms with Gasteiger partial charge in [0.15, 0.2) is 23.9 Å². The molecule has 9 nitrogen and oxygen atoms in total. The van der Waals surface area contributed by atoms with Crippen LogP contribution in [0.4, 0.5) is 5.69 Å². The summed E-state index contributed by atoms with van der Waals surface area (Å²) in [6.07, 6.45) is 5.29. The van der Waals surface area contributed by atoms with Crippen molar-refractivity contribution in [2.75, 3.05) is 19.5 Å². The molecule has 170 valence electrons. The summed E-state index contributed by atoms with van der Waals surface area (Å²) in [5, 5.41) is 11.4. The van der Waals surface area contributed by atoms with Crippen molar-refractivity contribution in [3.8, 4) is 17.2 Å². The standard InChI is InChI=1S/C23H22BrN5O4/c1-31-20-7-4-8-21(32-2)22(20)33-15-28-10-9-19(27-28)23(30)26-18-6-3-5-16(11-18)13-29-14-17(24)12-25-29/h3-12,14H,13,15H2,1-2H3,(H,26,30). The van der Waals surface area contributed by atoms with Gasteiger partial charge >= 0.3 is 0 Å². The third-order valence-corrected chi connectivity index (χ3v) is 5.14. The van der Waals surface area contributed by atoms with Gasteiger partial charge in [-0.3, -0.25) is 9.48 Å². The Balaban J connectivity index is 1.39. The molecule has 0 radical (unpaired) electrons. The summed E-state index contributed by atoms with van der Waals surface area (Å²) in [5.74, 6) is 1.23. The maximum Gasteiger partial charge on any atom is 0.276 e. The Morgan fingerprint density at radius 2 is 1.82 bits per heavy atom. The molecule has 0 saturated heterocycles. The number of rotatable bonds is 9. The Labute approximate surface area is 199 Å². The van der Waals surface area contributed by atoms with E-state index in [9.17, 15) is 4.79 Å². The molecule has 0 aliphatic rings. The number of aromatic nitrogens is 4. The van der Waals surface area contributed by atoms with E-state index in [4.69, 9.17) is 14.2 Å². The lowest BCUT2D eigenvalue weighted by molar-refractivity contribution is 0.102. The maximum atomic E-state index is 12.7. The number of hydrogen-bond donors (Lipinski definition) is 1. The summed E-state index contributed by atoms with van der Waals surface area (Å²) in [4.78, 5) is 12.7. The van der Waals surface area contributed by atoms with Crippen molar-refractivity contribution >= 4 is 27.5 Å². The van der Waals surface area contributed by atoms with E-state index in [-0.39, 0.29) is 18.3 Å². The van der Waals surface area contributed by atoms with Gasteiger partial charge in [-0.25, -0.2) is 4.68 Å². The van der Waals surface area contributed by atoms with Gasteiger partial charge in [0.25, 0.3) is 5.91 Å². The van der Waals surface area contributed by atoms with Crippen LogP contribution in [0.25, 0.3) is 0 Å². The fraction of sp³-hybridized carbons (Fsp3) is 0.174. The van der Waals surface area contributed by atoms with Crippen LogP contribution in [0.5, 0.6) is 17.2 Å². The molecular weight excluding hydrogens is 490 g/mol. The zero-order chi connectivity index (χ0) is 23.2. The predicted octanol–water partition coefficient (Wildman–Crippen LogP) is 4.20. The van der Waals surface area contributed by atoms with E-state index in [1.165, 1.54) is 4.68 Å². The number of benzene rings is 2. The smallest absolute Gasteiger partial charge is 0.276 e. The Bertz CT molecular complexity index is 1230. The molecule has 0 spiro atoms. The summed E-state index contributed by atoms with van der Waals surface area (Å²) < 4.78 is 20.7. The Hall–Kier alpha value is -3.79. The predicted molar refractivity (Wildman–Crippen MR) is 126 cm³/mol. The molecule has 0 saturated carbocycles. The van der Waals surface area contributed by atoms with Gasteiger partial charge in [-0.05, 0) is 51.8 Å². The van der Waals surface area contributed by atoms with Gasteiger partial charge in [-0.2, -0.15) is 10.2 Å². The highest BCUT2D eigenvalue weighted by molar-refractivity contribution is 9.10. The van der Waals surface area contributed by atoms with Crippen molar-refractivity contribution < 1.29 is 19.0 Å². The number of carbonyl (C=O) groups excluding carboxylic acids is 1. The highest BCUT2D eigenvalue weighted by Gasteiger charge is 2.14. The quantitative estimate of drug-likeness (QED) is 0.362. The zero-order valence-electron chi connectivity index (χ0n) is 18.1. The average molecular weight is 512 g/mol. The number of anilines is 1. The first kappa shape index (κ1) is 22.4. The Kier molecular flexibility index (Phi) is 6.94. The minimum absolute atomic E-state index is 0.0823. The molecule has 0 aliphatic carbocycles. The number of nitrogens with zero attached hydrogens (tertiary/aromatic N) is 4. The summed E-state index contributed by atoms with van der Waals surface area (Å²) in [5.41, 5.74) is 1.95. The van der Waals surface area contributed by atoms with E-state index in [2.05, 4.69) is 31.4 Å². The van der Waals surface area contributed by atoms with Crippen LogP contribution in [-0.2, 0) is 13.3 Å². The van der Waals surface area contributed by atoms with Crippen LogP contribution in [-0.4, -0.2) is 39.7 Å². The third kappa shape index (κ3) is 5.53. The number of methoxy groups -OCH3 is 2. The maximum absolute atomic E-state index is 12.7. The molecular formula is C23H22BrN5O4. The van der Waals surface area contributed by atoms with Crippen molar-refractivity contribution in [3.05, 3.63) is 82.9 Å². The molecule has 0 unspecified atom stereocenters. The van der Waals surface area contributed by atoms with E-state index >= 15 is 0 Å². The average Bonchev–Trinajstić information content (AvgIpc) is 3.46. The van der Waals surface area contributed by atoms with Crippen LogP contribution < -0.4 is 19.5 Å². The van der Waals surface area contributed by atoms with E-state index in [1.54, 1.807) is 44.8 Å². The Morgan fingerprint density at radius 1 is 1.06 bits per heavy atom. The minimum Gasteiger partial charge on any atom is -0.493 e. The lowest BCUT2D eigenvalue weighted by Gasteiger charge is -2.13. The number of halogens is 1.